The zero-order chi connectivity index (χ0) is 19.6. The summed E-state index contributed by atoms with van der Waals surface area (Å²) in [6, 6.07) is 5.17. The van der Waals surface area contributed by atoms with Gasteiger partial charge in [0.05, 0.1) is 10.9 Å². The Kier molecular flexibility index (Phi) is 4.97. The van der Waals surface area contributed by atoms with Gasteiger partial charge >= 0.3 is 5.97 Å². The van der Waals surface area contributed by atoms with Crippen LogP contribution < -0.4 is 16.1 Å². The Labute approximate surface area is 149 Å². The molecule has 2 heterocycles. The maximum atomic E-state index is 14.6. The molecule has 27 heavy (non-hydrogen) atoms. The fourth-order valence-corrected chi connectivity index (χ4v) is 2.51. The summed E-state index contributed by atoms with van der Waals surface area (Å²) in [6.07, 6.45) is 2.30. The molecule has 0 radical (unpaired) electrons. The zero-order valence-corrected chi connectivity index (χ0v) is 13.6. The van der Waals surface area contributed by atoms with Crippen LogP contribution in [0.3, 0.4) is 0 Å². The van der Waals surface area contributed by atoms with Gasteiger partial charge in [-0.15, -0.1) is 0 Å². The summed E-state index contributed by atoms with van der Waals surface area (Å²) in [5, 5.41) is 13.2. The average Bonchev–Trinajstić information content (AvgIpc) is 2.66. The molecule has 3 aromatic rings. The summed E-state index contributed by atoms with van der Waals surface area (Å²) >= 11 is 0. The standard InChI is InChI=1S/C17H13F3N4O3/c18-11-10-14(24-7-8(16(10)25)17(26)27)13(20)15(12(11)19)23-6-5-22-9-3-1-2-4-21-9/h1-4,7,23H,5-6H2,(H,21,22)(H,24,25)(H,26,27). The Hall–Kier alpha value is -3.56. The third-order valence-corrected chi connectivity index (χ3v) is 3.78. The summed E-state index contributed by atoms with van der Waals surface area (Å²) in [5.74, 6) is -5.55. The van der Waals surface area contributed by atoms with Gasteiger partial charge in [-0.05, 0) is 12.1 Å². The number of hydrogen-bond donors (Lipinski definition) is 4. The second-order valence-electron chi connectivity index (χ2n) is 5.47. The highest BCUT2D eigenvalue weighted by Crippen LogP contribution is 2.28. The van der Waals surface area contributed by atoms with Crippen molar-refractivity contribution < 1.29 is 23.1 Å². The number of nitrogens with zero attached hydrogens (tertiary/aromatic N) is 1. The molecule has 0 saturated carbocycles. The Morgan fingerprint density at radius 1 is 1.11 bits per heavy atom. The van der Waals surface area contributed by atoms with E-state index in [4.69, 9.17) is 5.11 Å². The van der Waals surface area contributed by atoms with Gasteiger partial charge < -0.3 is 20.7 Å². The van der Waals surface area contributed by atoms with Crippen LogP contribution in [0, 0.1) is 17.5 Å². The van der Waals surface area contributed by atoms with E-state index in [9.17, 15) is 22.8 Å². The van der Waals surface area contributed by atoms with Crippen molar-refractivity contribution in [3.63, 3.8) is 0 Å². The van der Waals surface area contributed by atoms with Gasteiger partial charge in [-0.1, -0.05) is 6.07 Å². The number of carboxylic acid groups (broad SMARTS) is 1. The second-order valence-corrected chi connectivity index (χ2v) is 5.47. The van der Waals surface area contributed by atoms with Gasteiger partial charge in [0.2, 0.25) is 5.43 Å². The molecule has 0 bridgehead atoms. The van der Waals surface area contributed by atoms with E-state index >= 15 is 0 Å². The highest BCUT2D eigenvalue weighted by atomic mass is 19.2. The molecule has 10 heteroatoms. The lowest BCUT2D eigenvalue weighted by atomic mass is 10.1. The number of halogens is 3. The first kappa shape index (κ1) is 18.2. The zero-order valence-electron chi connectivity index (χ0n) is 13.6. The predicted molar refractivity (Wildman–Crippen MR) is 92.6 cm³/mol. The van der Waals surface area contributed by atoms with Crippen molar-refractivity contribution in [3.8, 4) is 0 Å². The minimum Gasteiger partial charge on any atom is -0.477 e. The number of pyridine rings is 2. The van der Waals surface area contributed by atoms with Crippen LogP contribution in [0.2, 0.25) is 0 Å². The van der Waals surface area contributed by atoms with Crippen molar-refractivity contribution >= 4 is 28.4 Å². The number of hydrogen-bond acceptors (Lipinski definition) is 5. The van der Waals surface area contributed by atoms with Crippen LogP contribution in [-0.2, 0) is 0 Å². The van der Waals surface area contributed by atoms with Crippen molar-refractivity contribution in [2.75, 3.05) is 23.7 Å². The van der Waals surface area contributed by atoms with Crippen LogP contribution in [0.1, 0.15) is 10.4 Å². The average molecular weight is 378 g/mol. The van der Waals surface area contributed by atoms with Crippen molar-refractivity contribution in [3.05, 3.63) is 63.8 Å². The van der Waals surface area contributed by atoms with Crippen molar-refractivity contribution in [2.24, 2.45) is 0 Å². The van der Waals surface area contributed by atoms with E-state index in [1.54, 1.807) is 24.4 Å². The minimum atomic E-state index is -1.64. The monoisotopic (exact) mass is 378 g/mol. The van der Waals surface area contributed by atoms with Gasteiger partial charge in [0.15, 0.2) is 17.5 Å². The lowest BCUT2D eigenvalue weighted by molar-refractivity contribution is 0.0695. The minimum absolute atomic E-state index is 0.0206. The molecular weight excluding hydrogens is 365 g/mol. The molecule has 3 rings (SSSR count). The number of anilines is 2. The molecule has 0 saturated heterocycles. The highest BCUT2D eigenvalue weighted by molar-refractivity contribution is 5.93. The van der Waals surface area contributed by atoms with Crippen molar-refractivity contribution in [2.45, 2.75) is 0 Å². The number of rotatable bonds is 6. The number of aromatic nitrogens is 2. The maximum absolute atomic E-state index is 14.6. The van der Waals surface area contributed by atoms with E-state index < -0.39 is 51.0 Å². The first-order valence-electron chi connectivity index (χ1n) is 7.75. The molecule has 0 amide bonds. The molecule has 0 fully saturated rings. The molecule has 0 spiro atoms. The Balaban J connectivity index is 1.89. The Bertz CT molecular complexity index is 1070. The third-order valence-electron chi connectivity index (χ3n) is 3.78. The molecular formula is C17H13F3N4O3. The van der Waals surface area contributed by atoms with Crippen LogP contribution in [0.4, 0.5) is 24.7 Å². The van der Waals surface area contributed by atoms with Crippen LogP contribution in [-0.4, -0.2) is 34.1 Å². The lowest BCUT2D eigenvalue weighted by Crippen LogP contribution is -2.20. The lowest BCUT2D eigenvalue weighted by Gasteiger charge is -2.13. The summed E-state index contributed by atoms with van der Waals surface area (Å²) in [6.45, 7) is 0.247. The largest absolute Gasteiger partial charge is 0.477 e. The number of H-pyrrole nitrogens is 1. The second kappa shape index (κ2) is 7.36. The topological polar surface area (TPSA) is 107 Å². The van der Waals surface area contributed by atoms with E-state index in [-0.39, 0.29) is 13.1 Å². The molecule has 0 aliphatic heterocycles. The fraction of sp³-hybridized carbons (Fsp3) is 0.118. The number of fused-ring (bicyclic) bond motifs is 1. The van der Waals surface area contributed by atoms with Crippen molar-refractivity contribution in [1.29, 1.82) is 0 Å². The molecule has 0 unspecified atom stereocenters. The summed E-state index contributed by atoms with van der Waals surface area (Å²) in [4.78, 5) is 29.2. The van der Waals surface area contributed by atoms with Gasteiger partial charge in [0.25, 0.3) is 0 Å². The van der Waals surface area contributed by atoms with Gasteiger partial charge in [0.1, 0.15) is 17.1 Å². The summed E-state index contributed by atoms with van der Waals surface area (Å²) in [7, 11) is 0. The van der Waals surface area contributed by atoms with E-state index in [1.807, 2.05) is 0 Å². The first-order chi connectivity index (χ1) is 12.9. The van der Waals surface area contributed by atoms with Crippen LogP contribution >= 0.6 is 0 Å². The smallest absolute Gasteiger partial charge is 0.341 e. The number of aromatic amines is 1. The van der Waals surface area contributed by atoms with E-state index in [1.165, 1.54) is 0 Å². The molecule has 4 N–H and O–H groups in total. The molecule has 0 atom stereocenters. The number of nitrogens with one attached hydrogen (secondary N) is 3. The number of carboxylic acids is 1. The number of carbonyl (C=O) groups is 1. The SMILES string of the molecule is O=C(O)c1c[nH]c2c(F)c(NCCNc3ccccn3)c(F)c(F)c2c1=O. The summed E-state index contributed by atoms with van der Waals surface area (Å²) in [5.41, 5.74) is -3.51. The highest BCUT2D eigenvalue weighted by Gasteiger charge is 2.24. The fourth-order valence-electron chi connectivity index (χ4n) is 2.51. The first-order valence-corrected chi connectivity index (χ1v) is 7.75. The van der Waals surface area contributed by atoms with Crippen LogP contribution in [0.5, 0.6) is 0 Å². The normalized spacial score (nSPS) is 10.8. The van der Waals surface area contributed by atoms with E-state index in [0.29, 0.717) is 5.82 Å². The Morgan fingerprint density at radius 2 is 1.85 bits per heavy atom. The maximum Gasteiger partial charge on any atom is 0.341 e. The summed E-state index contributed by atoms with van der Waals surface area (Å²) < 4.78 is 43.1. The third kappa shape index (κ3) is 3.41. The number of aromatic carboxylic acids is 1. The number of benzene rings is 1. The van der Waals surface area contributed by atoms with Crippen LogP contribution in [0.25, 0.3) is 10.9 Å². The molecule has 1 aromatic carbocycles. The van der Waals surface area contributed by atoms with E-state index in [0.717, 1.165) is 6.20 Å². The van der Waals surface area contributed by atoms with Gasteiger partial charge in [-0.3, -0.25) is 4.79 Å². The predicted octanol–water partition coefficient (Wildman–Crippen LogP) is 2.56. The van der Waals surface area contributed by atoms with Gasteiger partial charge in [0, 0.05) is 25.5 Å². The van der Waals surface area contributed by atoms with Gasteiger partial charge in [-0.25, -0.2) is 22.9 Å². The molecule has 0 aliphatic rings. The molecule has 0 aliphatic carbocycles. The molecule has 7 nitrogen and oxygen atoms in total. The van der Waals surface area contributed by atoms with Gasteiger partial charge in [-0.2, -0.15) is 0 Å². The Morgan fingerprint density at radius 3 is 2.52 bits per heavy atom. The van der Waals surface area contributed by atoms with E-state index in [2.05, 4.69) is 20.6 Å². The molecule has 2 aromatic heterocycles. The quantitative estimate of drug-likeness (QED) is 0.388. The molecule has 140 valence electrons. The van der Waals surface area contributed by atoms with Crippen LogP contribution in [0.15, 0.2) is 35.4 Å². The van der Waals surface area contributed by atoms with Crippen molar-refractivity contribution in [1.82, 2.24) is 9.97 Å².